The van der Waals surface area contributed by atoms with E-state index in [1.807, 2.05) is 12.1 Å². The van der Waals surface area contributed by atoms with E-state index in [0.29, 0.717) is 0 Å². The van der Waals surface area contributed by atoms with Gasteiger partial charge in [0.1, 0.15) is 0 Å². The summed E-state index contributed by atoms with van der Waals surface area (Å²) in [6, 6.07) is 68.2. The van der Waals surface area contributed by atoms with Gasteiger partial charge in [-0.05, 0) is 99.1 Å². The first-order valence-electron chi connectivity index (χ1n) is 14.5. The summed E-state index contributed by atoms with van der Waals surface area (Å²) in [6.07, 6.45) is 0. The molecule has 0 aliphatic heterocycles. The molecule has 1 nitrogen and oxygen atoms in total. The molecule has 7 aromatic rings. The summed E-state index contributed by atoms with van der Waals surface area (Å²) in [4.78, 5) is 2.34. The SMILES string of the molecule is c1ccc(-c2ccc(N(c3ccc(-c4ccccc4)cc3)c3ccc(-c4ccccc4)c(-c4ccccc4)c3)cc2)cc#1. The second-order valence-corrected chi connectivity index (χ2v) is 10.5. The van der Waals surface area contributed by atoms with Gasteiger partial charge in [0.05, 0.1) is 0 Å². The first-order chi connectivity index (χ1) is 21.3. The maximum Gasteiger partial charge on any atom is 0.0468 e. The zero-order chi connectivity index (χ0) is 28.8. The Kier molecular flexibility index (Phi) is 7.25. The van der Waals surface area contributed by atoms with E-state index < -0.39 is 0 Å². The van der Waals surface area contributed by atoms with Crippen LogP contribution in [0.3, 0.4) is 0 Å². The van der Waals surface area contributed by atoms with E-state index in [4.69, 9.17) is 0 Å². The van der Waals surface area contributed by atoms with Gasteiger partial charge in [-0.3, -0.25) is 0 Å². The molecular formula is C42H29N. The lowest BCUT2D eigenvalue weighted by Crippen LogP contribution is -2.10. The minimum atomic E-state index is 1.09. The number of hydrogen-bond donors (Lipinski definition) is 0. The zero-order valence-corrected chi connectivity index (χ0v) is 23.7. The molecule has 0 radical (unpaired) electrons. The first-order valence-corrected chi connectivity index (χ1v) is 14.5. The third-order valence-corrected chi connectivity index (χ3v) is 7.78. The molecule has 7 rings (SSSR count). The number of anilines is 3. The molecular weight excluding hydrogens is 518 g/mol. The fraction of sp³-hybridized carbons (Fsp3) is 0. The van der Waals surface area contributed by atoms with E-state index in [1.165, 1.54) is 33.4 Å². The molecule has 0 bridgehead atoms. The van der Waals surface area contributed by atoms with Crippen LogP contribution in [0.15, 0.2) is 176 Å². The molecule has 0 aliphatic rings. The summed E-state index contributed by atoms with van der Waals surface area (Å²) in [5, 5.41) is 0. The lowest BCUT2D eigenvalue weighted by Gasteiger charge is -2.27. The minimum absolute atomic E-state index is 1.09. The van der Waals surface area contributed by atoms with E-state index in [1.54, 1.807) is 0 Å². The van der Waals surface area contributed by atoms with Gasteiger partial charge >= 0.3 is 0 Å². The molecule has 0 atom stereocenters. The van der Waals surface area contributed by atoms with E-state index in [-0.39, 0.29) is 0 Å². The van der Waals surface area contributed by atoms with Crippen molar-refractivity contribution in [3.8, 4) is 44.5 Å². The molecule has 0 spiro atoms. The second-order valence-electron chi connectivity index (χ2n) is 10.5. The van der Waals surface area contributed by atoms with Gasteiger partial charge in [0.15, 0.2) is 0 Å². The quantitative estimate of drug-likeness (QED) is 0.192. The van der Waals surface area contributed by atoms with Crippen molar-refractivity contribution in [2.24, 2.45) is 0 Å². The molecule has 1 heteroatoms. The highest BCUT2D eigenvalue weighted by Crippen LogP contribution is 2.41. The van der Waals surface area contributed by atoms with Crippen molar-refractivity contribution in [2.45, 2.75) is 0 Å². The molecule has 0 fully saturated rings. The summed E-state index contributed by atoms with van der Waals surface area (Å²) in [5.41, 5.74) is 12.8. The van der Waals surface area contributed by atoms with E-state index in [2.05, 4.69) is 181 Å². The van der Waals surface area contributed by atoms with Crippen molar-refractivity contribution in [2.75, 3.05) is 4.90 Å². The van der Waals surface area contributed by atoms with Crippen molar-refractivity contribution >= 4 is 17.1 Å². The Labute approximate surface area is 254 Å². The largest absolute Gasteiger partial charge is 0.310 e. The van der Waals surface area contributed by atoms with Crippen molar-refractivity contribution in [3.63, 3.8) is 0 Å². The van der Waals surface area contributed by atoms with Gasteiger partial charge in [-0.1, -0.05) is 133 Å². The standard InChI is InChI=1S/C42H29N/c1-5-13-32(14-6-1)34-21-25-38(26-22-34)43(39-27-23-35(24-28-39)33-15-7-2-8-16-33)40-29-30-41(36-17-9-3-10-18-36)42(31-40)37-19-11-4-12-20-37/h1,3-7,9-31H. The highest BCUT2D eigenvalue weighted by atomic mass is 15.1. The molecule has 0 heterocycles. The Morgan fingerprint density at radius 2 is 0.791 bits per heavy atom. The maximum absolute atomic E-state index is 3.07. The average molecular weight is 548 g/mol. The monoisotopic (exact) mass is 547 g/mol. The maximum atomic E-state index is 3.07. The predicted octanol–water partition coefficient (Wildman–Crippen LogP) is 11.4. The van der Waals surface area contributed by atoms with Crippen LogP contribution in [0.5, 0.6) is 0 Å². The van der Waals surface area contributed by atoms with Crippen molar-refractivity contribution in [1.29, 1.82) is 0 Å². The predicted molar refractivity (Wildman–Crippen MR) is 181 cm³/mol. The van der Waals surface area contributed by atoms with Gasteiger partial charge in [0.25, 0.3) is 0 Å². The van der Waals surface area contributed by atoms with E-state index in [9.17, 15) is 0 Å². The second kappa shape index (κ2) is 12.0. The highest BCUT2D eigenvalue weighted by Gasteiger charge is 2.17. The minimum Gasteiger partial charge on any atom is -0.310 e. The average Bonchev–Trinajstić information content (AvgIpc) is 3.10. The Morgan fingerprint density at radius 3 is 1.33 bits per heavy atom. The third-order valence-electron chi connectivity index (χ3n) is 7.78. The topological polar surface area (TPSA) is 3.24 Å². The van der Waals surface area contributed by atoms with E-state index in [0.717, 1.165) is 28.2 Å². The van der Waals surface area contributed by atoms with Crippen molar-refractivity contribution in [1.82, 2.24) is 0 Å². The lowest BCUT2D eigenvalue weighted by molar-refractivity contribution is 1.28. The van der Waals surface area contributed by atoms with Gasteiger partial charge < -0.3 is 4.90 Å². The van der Waals surface area contributed by atoms with Gasteiger partial charge in [-0.2, -0.15) is 0 Å². The van der Waals surface area contributed by atoms with Gasteiger partial charge in [-0.25, -0.2) is 0 Å². The van der Waals surface area contributed by atoms with Crippen LogP contribution in [-0.4, -0.2) is 0 Å². The summed E-state index contributed by atoms with van der Waals surface area (Å²) < 4.78 is 0. The zero-order valence-electron chi connectivity index (χ0n) is 23.7. The summed E-state index contributed by atoms with van der Waals surface area (Å²) in [7, 11) is 0. The lowest BCUT2D eigenvalue weighted by atomic mass is 9.93. The highest BCUT2D eigenvalue weighted by molar-refractivity contribution is 5.89. The molecule has 0 amide bonds. The van der Waals surface area contributed by atoms with Crippen LogP contribution in [0.4, 0.5) is 17.1 Å². The fourth-order valence-electron chi connectivity index (χ4n) is 5.61. The molecule has 43 heavy (non-hydrogen) atoms. The first kappa shape index (κ1) is 26.1. The van der Waals surface area contributed by atoms with Crippen LogP contribution in [0.25, 0.3) is 44.5 Å². The Morgan fingerprint density at radius 1 is 0.326 bits per heavy atom. The van der Waals surface area contributed by atoms with Crippen LogP contribution in [-0.2, 0) is 0 Å². The van der Waals surface area contributed by atoms with Crippen molar-refractivity contribution < 1.29 is 0 Å². The van der Waals surface area contributed by atoms with Gasteiger partial charge in [-0.15, -0.1) is 0 Å². The Balaban J connectivity index is 1.36. The molecule has 0 N–H and O–H groups in total. The third kappa shape index (κ3) is 5.55. The van der Waals surface area contributed by atoms with Gasteiger partial charge in [0.2, 0.25) is 0 Å². The Hall–Kier alpha value is -5.84. The van der Waals surface area contributed by atoms with Crippen molar-refractivity contribution in [3.05, 3.63) is 188 Å². The molecule has 0 saturated heterocycles. The molecule has 0 unspecified atom stereocenters. The number of hydrogen-bond acceptors (Lipinski definition) is 1. The normalized spacial score (nSPS) is 10.6. The fourth-order valence-corrected chi connectivity index (χ4v) is 5.61. The number of benzene rings is 6. The van der Waals surface area contributed by atoms with Crippen LogP contribution >= 0.6 is 0 Å². The molecule has 0 aromatic heterocycles. The number of rotatable bonds is 7. The summed E-state index contributed by atoms with van der Waals surface area (Å²) >= 11 is 0. The summed E-state index contributed by atoms with van der Waals surface area (Å²) in [6.45, 7) is 0. The van der Waals surface area contributed by atoms with Crippen LogP contribution in [0.2, 0.25) is 0 Å². The smallest absolute Gasteiger partial charge is 0.0468 e. The van der Waals surface area contributed by atoms with Crippen LogP contribution in [0, 0.1) is 12.1 Å². The molecule has 7 aromatic carbocycles. The molecule has 0 saturated carbocycles. The number of nitrogens with zero attached hydrogens (tertiary/aromatic N) is 1. The van der Waals surface area contributed by atoms with Crippen LogP contribution in [0.1, 0.15) is 0 Å². The molecule has 0 aliphatic carbocycles. The van der Waals surface area contributed by atoms with E-state index >= 15 is 0 Å². The Bertz CT molecular complexity index is 1830. The summed E-state index contributed by atoms with van der Waals surface area (Å²) in [5.74, 6) is 0. The molecule has 202 valence electrons. The van der Waals surface area contributed by atoms with Gasteiger partial charge in [0, 0.05) is 17.1 Å². The van der Waals surface area contributed by atoms with Crippen LogP contribution < -0.4 is 4.90 Å².